The topological polar surface area (TPSA) is 54.0 Å². The van der Waals surface area contributed by atoms with Gasteiger partial charge in [-0.05, 0) is 43.2 Å². The normalized spacial score (nSPS) is 10.3. The average Bonchev–Trinajstić information content (AvgIpc) is 2.52. The van der Waals surface area contributed by atoms with Crippen LogP contribution in [0.25, 0.3) is 0 Å². The van der Waals surface area contributed by atoms with Crippen molar-refractivity contribution in [1.29, 1.82) is 0 Å². The first kappa shape index (κ1) is 16.3. The zero-order valence-corrected chi connectivity index (χ0v) is 13.6. The number of nitrogens with zero attached hydrogens (tertiary/aromatic N) is 1. The first-order valence-electron chi connectivity index (χ1n) is 7.37. The number of amides is 1. The molecule has 1 heterocycles. The summed E-state index contributed by atoms with van der Waals surface area (Å²) in [5, 5.41) is 6.68. The number of hydrogen-bond acceptors (Lipinski definition) is 3. The van der Waals surface area contributed by atoms with Crippen LogP contribution >= 0.6 is 11.6 Å². The fourth-order valence-electron chi connectivity index (χ4n) is 1.91. The van der Waals surface area contributed by atoms with Gasteiger partial charge in [0.25, 0.3) is 5.91 Å². The number of pyridine rings is 1. The van der Waals surface area contributed by atoms with Gasteiger partial charge in [-0.25, -0.2) is 4.98 Å². The summed E-state index contributed by atoms with van der Waals surface area (Å²) in [6.07, 6.45) is 3.92. The number of halogens is 1. The first-order chi connectivity index (χ1) is 10.6. The van der Waals surface area contributed by atoms with Gasteiger partial charge in [0, 0.05) is 17.3 Å². The van der Waals surface area contributed by atoms with Gasteiger partial charge in [-0.2, -0.15) is 0 Å². The number of anilines is 2. The third kappa shape index (κ3) is 4.46. The Bertz CT molecular complexity index is 641. The average molecular weight is 318 g/mol. The maximum atomic E-state index is 12.1. The van der Waals surface area contributed by atoms with E-state index in [0.717, 1.165) is 30.6 Å². The summed E-state index contributed by atoms with van der Waals surface area (Å²) in [6.45, 7) is 4.97. The van der Waals surface area contributed by atoms with Crippen LogP contribution in [0.4, 0.5) is 11.4 Å². The number of nitrogens with one attached hydrogen (secondary N) is 2. The zero-order chi connectivity index (χ0) is 15.9. The first-order valence-corrected chi connectivity index (χ1v) is 7.75. The fourth-order valence-corrected chi connectivity index (χ4v) is 2.09. The van der Waals surface area contributed by atoms with E-state index in [2.05, 4.69) is 22.5 Å². The van der Waals surface area contributed by atoms with Crippen LogP contribution in [0.1, 0.15) is 35.8 Å². The third-order valence-electron chi connectivity index (χ3n) is 3.29. The highest BCUT2D eigenvalue weighted by atomic mass is 35.5. The highest BCUT2D eigenvalue weighted by molar-refractivity contribution is 6.31. The Labute approximate surface area is 135 Å². The molecule has 0 aliphatic carbocycles. The summed E-state index contributed by atoms with van der Waals surface area (Å²) in [6, 6.07) is 8.99. The predicted octanol–water partition coefficient (Wildman–Crippen LogP) is 4.51. The molecule has 2 N–H and O–H groups in total. The number of carbonyl (C=O) groups excluding carboxylic acids is 1. The Balaban J connectivity index is 1.98. The second-order valence-electron chi connectivity index (χ2n) is 5.13. The SMILES string of the molecule is CCCCNc1ccc(C(=O)Nc2ccc(C)c(Cl)c2)nc1. The summed E-state index contributed by atoms with van der Waals surface area (Å²) in [7, 11) is 0. The summed E-state index contributed by atoms with van der Waals surface area (Å²) in [5.74, 6) is -0.250. The molecular formula is C17H20ClN3O. The Hall–Kier alpha value is -2.07. The van der Waals surface area contributed by atoms with Crippen LogP contribution in [0.15, 0.2) is 36.5 Å². The third-order valence-corrected chi connectivity index (χ3v) is 3.69. The van der Waals surface area contributed by atoms with E-state index in [9.17, 15) is 4.79 Å². The van der Waals surface area contributed by atoms with Gasteiger partial charge < -0.3 is 10.6 Å². The molecule has 0 fully saturated rings. The Kier molecular flexibility index (Phi) is 5.78. The minimum atomic E-state index is -0.250. The molecule has 0 aliphatic heterocycles. The number of carbonyl (C=O) groups is 1. The maximum absolute atomic E-state index is 12.1. The van der Waals surface area contributed by atoms with E-state index >= 15 is 0 Å². The van der Waals surface area contributed by atoms with Crippen LogP contribution in [0.2, 0.25) is 5.02 Å². The molecule has 0 unspecified atom stereocenters. The van der Waals surface area contributed by atoms with Crippen LogP contribution in [0, 0.1) is 6.92 Å². The monoisotopic (exact) mass is 317 g/mol. The van der Waals surface area contributed by atoms with Crippen LogP contribution in [-0.2, 0) is 0 Å². The van der Waals surface area contributed by atoms with Crippen LogP contribution in [0.3, 0.4) is 0 Å². The van der Waals surface area contributed by atoms with Crippen LogP contribution in [-0.4, -0.2) is 17.4 Å². The Morgan fingerprint density at radius 1 is 1.23 bits per heavy atom. The molecule has 2 rings (SSSR count). The van der Waals surface area contributed by atoms with Crippen molar-refractivity contribution >= 4 is 28.9 Å². The number of rotatable bonds is 6. The molecule has 0 saturated heterocycles. The van der Waals surface area contributed by atoms with Gasteiger partial charge >= 0.3 is 0 Å². The van der Waals surface area contributed by atoms with Crippen LogP contribution < -0.4 is 10.6 Å². The minimum absolute atomic E-state index is 0.250. The molecule has 0 spiro atoms. The van der Waals surface area contributed by atoms with Gasteiger partial charge in [0.1, 0.15) is 5.69 Å². The Morgan fingerprint density at radius 2 is 2.00 bits per heavy atom. The molecule has 2 aromatic rings. The molecule has 1 amide bonds. The Morgan fingerprint density at radius 3 is 2.64 bits per heavy atom. The lowest BCUT2D eigenvalue weighted by Gasteiger charge is -2.08. The van der Waals surface area contributed by atoms with Crippen LogP contribution in [0.5, 0.6) is 0 Å². The van der Waals surface area contributed by atoms with Gasteiger partial charge in [0.05, 0.1) is 11.9 Å². The van der Waals surface area contributed by atoms with Gasteiger partial charge in [-0.3, -0.25) is 4.79 Å². The number of aryl methyl sites for hydroxylation is 1. The lowest BCUT2D eigenvalue weighted by atomic mass is 10.2. The molecule has 0 radical (unpaired) electrons. The van der Waals surface area contributed by atoms with Crippen molar-refractivity contribution in [1.82, 2.24) is 4.98 Å². The molecule has 1 aromatic heterocycles. The summed E-state index contributed by atoms with van der Waals surface area (Å²) in [4.78, 5) is 16.3. The maximum Gasteiger partial charge on any atom is 0.274 e. The second kappa shape index (κ2) is 7.80. The minimum Gasteiger partial charge on any atom is -0.384 e. The van der Waals surface area contributed by atoms with E-state index in [4.69, 9.17) is 11.6 Å². The molecule has 116 valence electrons. The van der Waals surface area contributed by atoms with Crippen molar-refractivity contribution in [3.05, 3.63) is 52.8 Å². The van der Waals surface area contributed by atoms with Gasteiger partial charge in [0.15, 0.2) is 0 Å². The van der Waals surface area contributed by atoms with Crippen molar-refractivity contribution in [3.8, 4) is 0 Å². The van der Waals surface area contributed by atoms with Crippen molar-refractivity contribution in [2.75, 3.05) is 17.2 Å². The smallest absolute Gasteiger partial charge is 0.274 e. The van der Waals surface area contributed by atoms with Gasteiger partial charge in [-0.1, -0.05) is 31.0 Å². The fraction of sp³-hybridized carbons (Fsp3) is 0.294. The molecule has 4 nitrogen and oxygen atoms in total. The summed E-state index contributed by atoms with van der Waals surface area (Å²) < 4.78 is 0. The number of benzene rings is 1. The zero-order valence-electron chi connectivity index (χ0n) is 12.8. The van der Waals surface area contributed by atoms with E-state index in [-0.39, 0.29) is 5.91 Å². The molecule has 0 aliphatic rings. The second-order valence-corrected chi connectivity index (χ2v) is 5.54. The van der Waals surface area contributed by atoms with Crippen molar-refractivity contribution in [2.24, 2.45) is 0 Å². The molecule has 22 heavy (non-hydrogen) atoms. The van der Waals surface area contributed by atoms with E-state index in [1.165, 1.54) is 0 Å². The molecule has 0 atom stereocenters. The molecule has 5 heteroatoms. The summed E-state index contributed by atoms with van der Waals surface area (Å²) >= 11 is 6.05. The van der Waals surface area contributed by atoms with Crippen molar-refractivity contribution < 1.29 is 4.79 Å². The lowest BCUT2D eigenvalue weighted by Crippen LogP contribution is -2.14. The molecular weight excluding hydrogens is 298 g/mol. The van der Waals surface area contributed by atoms with Gasteiger partial charge in [0.2, 0.25) is 0 Å². The highest BCUT2D eigenvalue weighted by Gasteiger charge is 2.08. The summed E-state index contributed by atoms with van der Waals surface area (Å²) in [5.41, 5.74) is 2.92. The van der Waals surface area contributed by atoms with E-state index < -0.39 is 0 Å². The van der Waals surface area contributed by atoms with Crippen molar-refractivity contribution in [2.45, 2.75) is 26.7 Å². The number of aromatic nitrogens is 1. The largest absolute Gasteiger partial charge is 0.384 e. The highest BCUT2D eigenvalue weighted by Crippen LogP contribution is 2.20. The number of hydrogen-bond donors (Lipinski definition) is 2. The lowest BCUT2D eigenvalue weighted by molar-refractivity contribution is 0.102. The van der Waals surface area contributed by atoms with Gasteiger partial charge in [-0.15, -0.1) is 0 Å². The molecule has 1 aromatic carbocycles. The molecule has 0 bridgehead atoms. The van der Waals surface area contributed by atoms with E-state index in [1.54, 1.807) is 18.3 Å². The van der Waals surface area contributed by atoms with E-state index in [1.807, 2.05) is 25.1 Å². The number of unbranched alkanes of at least 4 members (excludes halogenated alkanes) is 1. The van der Waals surface area contributed by atoms with E-state index in [0.29, 0.717) is 16.4 Å². The predicted molar refractivity (Wildman–Crippen MR) is 91.8 cm³/mol. The quantitative estimate of drug-likeness (QED) is 0.771. The van der Waals surface area contributed by atoms with Crippen molar-refractivity contribution in [3.63, 3.8) is 0 Å². The standard InChI is InChI=1S/C17H20ClN3O/c1-3-4-9-19-14-7-8-16(20-11-14)17(22)21-13-6-5-12(2)15(18)10-13/h5-8,10-11,19H,3-4,9H2,1-2H3,(H,21,22). The molecule has 0 saturated carbocycles.